The number of rotatable bonds is 6. The van der Waals surface area contributed by atoms with Crippen LogP contribution >= 0.6 is 0 Å². The first-order valence-corrected chi connectivity index (χ1v) is 5.07. The van der Waals surface area contributed by atoms with E-state index in [0.717, 1.165) is 5.01 Å². The molecule has 0 fully saturated rings. The van der Waals surface area contributed by atoms with E-state index < -0.39 is 30.8 Å². The molecule has 9 heteroatoms. The van der Waals surface area contributed by atoms with Crippen molar-refractivity contribution < 1.29 is 29.2 Å². The largest absolute Gasteiger partial charge is 0.569 e. The number of aliphatic carboxylic acids is 1. The Labute approximate surface area is 104 Å². The Kier molecular flexibility index (Phi) is 5.86. The van der Waals surface area contributed by atoms with Crippen LogP contribution in [0.25, 0.3) is 0 Å². The van der Waals surface area contributed by atoms with Crippen LogP contribution in [0.2, 0.25) is 0 Å². The molecule has 0 unspecified atom stereocenters. The number of carboxylic acids is 1. The second-order valence-corrected chi connectivity index (χ2v) is 4.34. The van der Waals surface area contributed by atoms with Crippen molar-refractivity contribution in [2.45, 2.75) is 33.2 Å². The Hall–Kier alpha value is -2.06. The summed E-state index contributed by atoms with van der Waals surface area (Å²) < 4.78 is 4.38. The Morgan fingerprint density at radius 2 is 2.00 bits per heavy atom. The first kappa shape index (κ1) is 15.9. The summed E-state index contributed by atoms with van der Waals surface area (Å²) in [6.07, 6.45) is 0. The number of carboxylic acid groups (broad SMARTS) is 1. The van der Waals surface area contributed by atoms with Gasteiger partial charge in [0.1, 0.15) is 0 Å². The monoisotopic (exact) mass is 263 g/mol. The molecule has 0 spiro atoms. The zero-order valence-electron chi connectivity index (χ0n) is 10.7. The molecule has 18 heavy (non-hydrogen) atoms. The number of hydrogen-bond donors (Lipinski definition) is 1. The molecule has 0 saturated heterocycles. The molecule has 0 saturated carbocycles. The molecule has 0 rings (SSSR count). The summed E-state index contributed by atoms with van der Waals surface area (Å²) in [7, 11) is 0. The van der Waals surface area contributed by atoms with E-state index in [2.05, 4.69) is 14.9 Å². The quantitative estimate of drug-likeness (QED) is 0.185. The zero-order chi connectivity index (χ0) is 14.3. The van der Waals surface area contributed by atoms with Crippen LogP contribution in [0, 0.1) is 5.21 Å². The molecule has 0 radical (unpaired) electrons. The van der Waals surface area contributed by atoms with Gasteiger partial charge in [-0.1, -0.05) is 0 Å². The van der Waals surface area contributed by atoms with Crippen LogP contribution in [0.5, 0.6) is 0 Å². The fourth-order valence-electron chi connectivity index (χ4n) is 0.909. The van der Waals surface area contributed by atoms with Gasteiger partial charge in [-0.3, -0.25) is 9.59 Å². The maximum Gasteiger partial charge on any atom is 0.329 e. The maximum absolute atomic E-state index is 11.5. The standard InChI is InChI=1S/C9H17N3O6/c1-7(13)17-6-18-10-12(16)11(5-8(14)15)9(2,3)4/h5-6H2,1-4H3,(H,14,15)/b12-10-. The highest BCUT2D eigenvalue weighted by atomic mass is 16.8. The summed E-state index contributed by atoms with van der Waals surface area (Å²) >= 11 is 0. The molecule has 0 bridgehead atoms. The lowest BCUT2D eigenvalue weighted by Crippen LogP contribution is -2.48. The average molecular weight is 263 g/mol. The summed E-state index contributed by atoms with van der Waals surface area (Å²) in [5, 5.41) is 24.2. The second-order valence-electron chi connectivity index (χ2n) is 4.34. The van der Waals surface area contributed by atoms with Crippen LogP contribution in [0.3, 0.4) is 0 Å². The van der Waals surface area contributed by atoms with E-state index in [9.17, 15) is 14.8 Å². The minimum atomic E-state index is -1.18. The van der Waals surface area contributed by atoms with Crippen LogP contribution < -0.4 is 0 Å². The average Bonchev–Trinajstić information content (AvgIpc) is 2.18. The number of nitrogens with zero attached hydrogens (tertiary/aromatic N) is 3. The van der Waals surface area contributed by atoms with Crippen LogP contribution in [-0.2, 0) is 19.2 Å². The third-order valence-electron chi connectivity index (χ3n) is 1.71. The van der Waals surface area contributed by atoms with Crippen molar-refractivity contribution in [1.82, 2.24) is 5.01 Å². The predicted molar refractivity (Wildman–Crippen MR) is 57.9 cm³/mol. The molecule has 0 aromatic heterocycles. The fourth-order valence-corrected chi connectivity index (χ4v) is 0.909. The molecule has 0 atom stereocenters. The van der Waals surface area contributed by atoms with Gasteiger partial charge in [-0.05, 0) is 20.8 Å². The third kappa shape index (κ3) is 6.51. The Balaban J connectivity index is 4.55. The zero-order valence-corrected chi connectivity index (χ0v) is 10.7. The van der Waals surface area contributed by atoms with Crippen molar-refractivity contribution >= 4 is 11.9 Å². The molecule has 0 aromatic carbocycles. The number of hydrogen-bond acceptors (Lipinski definition) is 6. The van der Waals surface area contributed by atoms with Gasteiger partial charge in [0.15, 0.2) is 6.54 Å². The smallest absolute Gasteiger partial charge is 0.329 e. The topological polar surface area (TPSA) is 114 Å². The lowest BCUT2D eigenvalue weighted by atomic mass is 10.1. The van der Waals surface area contributed by atoms with E-state index in [1.807, 2.05) is 0 Å². The highest BCUT2D eigenvalue weighted by Gasteiger charge is 2.31. The number of hydrazine groups is 1. The van der Waals surface area contributed by atoms with Crippen molar-refractivity contribution in [2.24, 2.45) is 5.28 Å². The molecule has 1 N–H and O–H groups in total. The summed E-state index contributed by atoms with van der Waals surface area (Å²) in [4.78, 5) is 25.5. The number of carbonyl (C=O) groups is 2. The van der Waals surface area contributed by atoms with Gasteiger partial charge in [0.25, 0.3) is 6.79 Å². The van der Waals surface area contributed by atoms with Crippen LogP contribution in [0.15, 0.2) is 5.28 Å². The van der Waals surface area contributed by atoms with Crippen molar-refractivity contribution in [2.75, 3.05) is 13.3 Å². The molecular weight excluding hydrogens is 246 g/mol. The SMILES string of the molecule is CC(=O)OCO/N=[N+](\[O-])N(CC(=O)O)C(C)(C)C. The lowest BCUT2D eigenvalue weighted by molar-refractivity contribution is -0.724. The Bertz CT molecular complexity index is 336. The van der Waals surface area contributed by atoms with Crippen LogP contribution in [0.4, 0.5) is 0 Å². The van der Waals surface area contributed by atoms with E-state index >= 15 is 0 Å². The normalized spacial score (nSPS) is 11.9. The molecule has 0 aromatic rings. The molecule has 0 aliphatic heterocycles. The van der Waals surface area contributed by atoms with E-state index in [1.165, 1.54) is 6.92 Å². The minimum absolute atomic E-state index is 0.0115. The molecule has 0 aliphatic rings. The van der Waals surface area contributed by atoms with Crippen LogP contribution in [0.1, 0.15) is 27.7 Å². The summed E-state index contributed by atoms with van der Waals surface area (Å²) in [6, 6.07) is 0. The molecule has 0 heterocycles. The summed E-state index contributed by atoms with van der Waals surface area (Å²) in [5.41, 5.74) is -0.756. The van der Waals surface area contributed by atoms with Crippen LogP contribution in [-0.4, -0.2) is 45.9 Å². The van der Waals surface area contributed by atoms with Gasteiger partial charge in [-0.25, -0.2) is 0 Å². The van der Waals surface area contributed by atoms with Gasteiger partial charge in [-0.15, -0.1) is 5.01 Å². The predicted octanol–water partition coefficient (Wildman–Crippen LogP) is 0.501. The third-order valence-corrected chi connectivity index (χ3v) is 1.71. The minimum Gasteiger partial charge on any atom is -0.569 e. The van der Waals surface area contributed by atoms with Gasteiger partial charge in [0.2, 0.25) is 5.28 Å². The van der Waals surface area contributed by atoms with Gasteiger partial charge in [0, 0.05) is 6.92 Å². The molecular formula is C9H17N3O6. The van der Waals surface area contributed by atoms with Crippen molar-refractivity contribution in [3.05, 3.63) is 5.21 Å². The Morgan fingerprint density at radius 1 is 1.44 bits per heavy atom. The van der Waals surface area contributed by atoms with Gasteiger partial charge in [0.05, 0.1) is 10.5 Å². The van der Waals surface area contributed by atoms with Gasteiger partial charge < -0.3 is 19.9 Å². The van der Waals surface area contributed by atoms with Gasteiger partial charge >= 0.3 is 11.9 Å². The first-order valence-electron chi connectivity index (χ1n) is 5.07. The van der Waals surface area contributed by atoms with Crippen molar-refractivity contribution in [3.8, 4) is 0 Å². The highest BCUT2D eigenvalue weighted by molar-refractivity contribution is 5.68. The maximum atomic E-state index is 11.5. The van der Waals surface area contributed by atoms with E-state index in [4.69, 9.17) is 5.11 Å². The number of carbonyl (C=O) groups excluding carboxylic acids is 1. The van der Waals surface area contributed by atoms with E-state index in [-0.39, 0.29) is 4.97 Å². The fraction of sp³-hybridized carbons (Fsp3) is 0.778. The van der Waals surface area contributed by atoms with E-state index in [0.29, 0.717) is 0 Å². The van der Waals surface area contributed by atoms with Crippen molar-refractivity contribution in [3.63, 3.8) is 0 Å². The molecule has 104 valence electrons. The first-order chi connectivity index (χ1) is 8.14. The molecule has 0 aliphatic carbocycles. The second kappa shape index (κ2) is 6.62. The van der Waals surface area contributed by atoms with E-state index in [1.54, 1.807) is 20.8 Å². The summed E-state index contributed by atoms with van der Waals surface area (Å²) in [6.45, 7) is 5.05. The highest BCUT2D eigenvalue weighted by Crippen LogP contribution is 2.13. The number of ether oxygens (including phenoxy) is 1. The summed E-state index contributed by atoms with van der Waals surface area (Å²) in [5.74, 6) is -1.76. The molecule has 9 nitrogen and oxygen atoms in total. The van der Waals surface area contributed by atoms with Gasteiger partial charge in [-0.2, -0.15) is 0 Å². The molecule has 0 amide bonds. The number of esters is 1. The lowest BCUT2D eigenvalue weighted by Gasteiger charge is -2.28. The Morgan fingerprint density at radius 3 is 2.39 bits per heavy atom. The van der Waals surface area contributed by atoms with Crippen molar-refractivity contribution in [1.29, 1.82) is 0 Å².